The van der Waals surface area contributed by atoms with Gasteiger partial charge in [-0.25, -0.2) is 18.4 Å². The summed E-state index contributed by atoms with van der Waals surface area (Å²) < 4.78 is 24.9. The molecule has 0 aliphatic heterocycles. The Morgan fingerprint density at radius 2 is 1.92 bits per heavy atom. The molecule has 3 rings (SSSR count). The number of hydrogen-bond acceptors (Lipinski definition) is 5. The predicted molar refractivity (Wildman–Crippen MR) is 96.8 cm³/mol. The van der Waals surface area contributed by atoms with Crippen LogP contribution < -0.4 is 5.73 Å². The van der Waals surface area contributed by atoms with E-state index in [0.29, 0.717) is 12.2 Å². The maximum absolute atomic E-state index is 11.3. The molecule has 6 nitrogen and oxygen atoms in total. The van der Waals surface area contributed by atoms with Crippen molar-refractivity contribution in [1.82, 2.24) is 14.5 Å². The molecule has 1 fully saturated rings. The van der Waals surface area contributed by atoms with Gasteiger partial charge >= 0.3 is 0 Å². The van der Waals surface area contributed by atoms with Crippen LogP contribution in [0.2, 0.25) is 0 Å². The van der Waals surface area contributed by atoms with Crippen LogP contribution in [-0.4, -0.2) is 35.0 Å². The van der Waals surface area contributed by atoms with Crippen molar-refractivity contribution >= 4 is 26.7 Å². The van der Waals surface area contributed by atoms with Crippen LogP contribution in [0.5, 0.6) is 0 Å². The lowest BCUT2D eigenvalue weighted by Crippen LogP contribution is -2.09. The summed E-state index contributed by atoms with van der Waals surface area (Å²) in [5.41, 5.74) is 9.99. The van der Waals surface area contributed by atoms with Gasteiger partial charge in [-0.3, -0.25) is 0 Å². The van der Waals surface area contributed by atoms with Crippen molar-refractivity contribution in [1.29, 1.82) is 0 Å². The van der Waals surface area contributed by atoms with E-state index in [4.69, 9.17) is 10.7 Å². The van der Waals surface area contributed by atoms with Crippen molar-refractivity contribution < 1.29 is 8.42 Å². The summed E-state index contributed by atoms with van der Waals surface area (Å²) in [4.78, 5) is 9.18. The van der Waals surface area contributed by atoms with E-state index in [1.54, 1.807) is 0 Å². The third kappa shape index (κ3) is 3.71. The summed E-state index contributed by atoms with van der Waals surface area (Å²) >= 11 is 0. The van der Waals surface area contributed by atoms with E-state index >= 15 is 0 Å². The van der Waals surface area contributed by atoms with Crippen LogP contribution in [0, 0.1) is 19.8 Å². The number of pyridine rings is 1. The van der Waals surface area contributed by atoms with Gasteiger partial charge in [-0.1, -0.05) is 0 Å². The van der Waals surface area contributed by atoms with Gasteiger partial charge in [-0.15, -0.1) is 0 Å². The van der Waals surface area contributed by atoms with E-state index < -0.39 is 9.84 Å². The number of aromatic nitrogens is 3. The molecule has 132 valence electrons. The van der Waals surface area contributed by atoms with Crippen molar-refractivity contribution in [2.24, 2.45) is 5.92 Å². The van der Waals surface area contributed by atoms with Gasteiger partial charge in [0.1, 0.15) is 21.2 Å². The highest BCUT2D eigenvalue weighted by Crippen LogP contribution is 2.34. The van der Waals surface area contributed by atoms with Gasteiger partial charge in [0.15, 0.2) is 5.82 Å². The minimum Gasteiger partial charge on any atom is -0.382 e. The Bertz CT molecular complexity index is 867. The van der Waals surface area contributed by atoms with Crippen LogP contribution in [-0.2, 0) is 22.8 Å². The van der Waals surface area contributed by atoms with Crippen molar-refractivity contribution in [2.45, 2.75) is 52.5 Å². The highest BCUT2D eigenvalue weighted by atomic mass is 32.2. The Balaban J connectivity index is 1.92. The zero-order valence-electron chi connectivity index (χ0n) is 14.7. The van der Waals surface area contributed by atoms with Crippen molar-refractivity contribution in [3.05, 3.63) is 17.1 Å². The molecule has 24 heavy (non-hydrogen) atoms. The summed E-state index contributed by atoms with van der Waals surface area (Å²) in [6.45, 7) is 4.80. The Labute approximate surface area is 143 Å². The molecule has 0 aromatic carbocycles. The van der Waals surface area contributed by atoms with E-state index in [1.165, 1.54) is 19.1 Å². The fourth-order valence-corrected chi connectivity index (χ4v) is 3.89. The normalized spacial score (nSPS) is 15.3. The van der Waals surface area contributed by atoms with E-state index in [-0.39, 0.29) is 5.75 Å². The average Bonchev–Trinajstić information content (AvgIpc) is 3.21. The zero-order chi connectivity index (χ0) is 17.5. The number of rotatable bonds is 7. The molecule has 1 aliphatic rings. The summed E-state index contributed by atoms with van der Waals surface area (Å²) in [7, 11) is -2.90. The number of imidazole rings is 1. The van der Waals surface area contributed by atoms with Gasteiger partial charge in [0, 0.05) is 30.7 Å². The number of unbranched alkanes of at least 4 members (excludes halogenated alkanes) is 1. The fraction of sp³-hybridized carbons (Fsp3) is 0.647. The van der Waals surface area contributed by atoms with Crippen molar-refractivity contribution in [3.63, 3.8) is 0 Å². The first-order valence-electron chi connectivity index (χ1n) is 8.56. The molecule has 1 saturated carbocycles. The molecular formula is C17H26N4O2S. The van der Waals surface area contributed by atoms with Crippen LogP contribution in [0.25, 0.3) is 11.0 Å². The molecular weight excluding hydrogens is 324 g/mol. The topological polar surface area (TPSA) is 90.9 Å². The van der Waals surface area contributed by atoms with Crippen molar-refractivity contribution in [3.8, 4) is 0 Å². The molecule has 0 saturated heterocycles. The second kappa shape index (κ2) is 6.35. The summed E-state index contributed by atoms with van der Waals surface area (Å²) in [6, 6.07) is 0. The summed E-state index contributed by atoms with van der Waals surface area (Å²) in [5, 5.41) is 0. The second-order valence-corrected chi connectivity index (χ2v) is 9.33. The Morgan fingerprint density at radius 1 is 1.21 bits per heavy atom. The van der Waals surface area contributed by atoms with Gasteiger partial charge in [0.05, 0.1) is 5.52 Å². The number of anilines is 1. The zero-order valence-corrected chi connectivity index (χ0v) is 15.5. The van der Waals surface area contributed by atoms with Gasteiger partial charge in [-0.2, -0.15) is 0 Å². The number of fused-ring (bicyclic) bond motifs is 1. The van der Waals surface area contributed by atoms with Gasteiger partial charge in [0.2, 0.25) is 0 Å². The smallest absolute Gasteiger partial charge is 0.151 e. The maximum atomic E-state index is 11.3. The van der Waals surface area contributed by atoms with Crippen molar-refractivity contribution in [2.75, 3.05) is 17.7 Å². The van der Waals surface area contributed by atoms with Crippen LogP contribution in [0.3, 0.4) is 0 Å². The minimum absolute atomic E-state index is 0.235. The van der Waals surface area contributed by atoms with E-state index in [1.807, 2.05) is 6.92 Å². The molecule has 0 unspecified atom stereocenters. The molecule has 1 aliphatic carbocycles. The lowest BCUT2D eigenvalue weighted by molar-refractivity contribution is 0.581. The molecule has 0 amide bonds. The second-order valence-electron chi connectivity index (χ2n) is 7.07. The molecule has 0 atom stereocenters. The Kier molecular flexibility index (Phi) is 4.55. The third-order valence-electron chi connectivity index (χ3n) is 4.79. The first kappa shape index (κ1) is 17.2. The minimum atomic E-state index is -2.90. The third-order valence-corrected chi connectivity index (χ3v) is 5.82. The first-order chi connectivity index (χ1) is 11.3. The molecule has 2 N–H and O–H groups in total. The number of nitrogens with two attached hydrogens (primary N) is 1. The number of aryl methyl sites for hydroxylation is 3. The molecule has 0 bridgehead atoms. The van der Waals surface area contributed by atoms with Crippen LogP contribution in [0.4, 0.5) is 5.82 Å². The number of nitrogens with zero attached hydrogens (tertiary/aromatic N) is 3. The van der Waals surface area contributed by atoms with E-state index in [2.05, 4.69) is 16.5 Å². The fourth-order valence-electron chi connectivity index (χ4n) is 3.16. The van der Waals surface area contributed by atoms with E-state index in [9.17, 15) is 8.42 Å². The summed E-state index contributed by atoms with van der Waals surface area (Å²) in [5.74, 6) is 2.51. The SMILES string of the molecule is Cc1nc(N)c2nc(CC3CC3)n(CCCCS(C)(=O)=O)c2c1C. The lowest BCUT2D eigenvalue weighted by Gasteiger charge is -2.11. The Hall–Kier alpha value is -1.63. The average molecular weight is 350 g/mol. The molecule has 0 spiro atoms. The monoisotopic (exact) mass is 350 g/mol. The van der Waals surface area contributed by atoms with Crippen LogP contribution in [0.1, 0.15) is 42.8 Å². The standard InChI is InChI=1S/C17H26N4O2S/c1-11-12(2)19-17(18)15-16(11)21(8-4-5-9-24(3,22)23)14(20-15)10-13-6-7-13/h13H,4-10H2,1-3H3,(H2,18,19). The summed E-state index contributed by atoms with van der Waals surface area (Å²) in [6.07, 6.45) is 6.28. The van der Waals surface area contributed by atoms with Crippen LogP contribution >= 0.6 is 0 Å². The predicted octanol–water partition coefficient (Wildman–Crippen LogP) is 2.41. The molecule has 2 aromatic heterocycles. The Morgan fingerprint density at radius 3 is 2.54 bits per heavy atom. The van der Waals surface area contributed by atoms with Gasteiger partial charge in [0.25, 0.3) is 0 Å². The van der Waals surface area contributed by atoms with Crippen LogP contribution in [0.15, 0.2) is 0 Å². The first-order valence-corrected chi connectivity index (χ1v) is 10.6. The maximum Gasteiger partial charge on any atom is 0.151 e. The molecule has 0 radical (unpaired) electrons. The number of sulfone groups is 1. The van der Waals surface area contributed by atoms with Gasteiger partial charge in [-0.05, 0) is 51.0 Å². The molecule has 7 heteroatoms. The molecule has 2 aromatic rings. The highest BCUT2D eigenvalue weighted by molar-refractivity contribution is 7.90. The van der Waals surface area contributed by atoms with Gasteiger partial charge < -0.3 is 10.3 Å². The highest BCUT2D eigenvalue weighted by Gasteiger charge is 2.26. The largest absolute Gasteiger partial charge is 0.382 e. The van der Waals surface area contributed by atoms with E-state index in [0.717, 1.165) is 53.4 Å². The quantitative estimate of drug-likeness (QED) is 0.774. The molecule has 2 heterocycles. The number of hydrogen-bond donors (Lipinski definition) is 1. The lowest BCUT2D eigenvalue weighted by atomic mass is 10.2. The number of nitrogen functional groups attached to an aromatic ring is 1.